The zero-order valence-electron chi connectivity index (χ0n) is 11.8. The van der Waals surface area contributed by atoms with Crippen molar-refractivity contribution >= 4 is 11.0 Å². The van der Waals surface area contributed by atoms with Crippen LogP contribution in [0.25, 0.3) is 33.8 Å². The van der Waals surface area contributed by atoms with Crippen molar-refractivity contribution in [2.45, 2.75) is 0 Å². The Morgan fingerprint density at radius 2 is 1.87 bits per heavy atom. The molecule has 23 heavy (non-hydrogen) atoms. The highest BCUT2D eigenvalue weighted by atomic mass is 16.5. The maximum atomic E-state index is 12.1. The number of phenolic OH excluding ortho intramolecular Hbond substituents is 1. The first kappa shape index (κ1) is 13.3. The Labute approximate surface area is 129 Å². The quantitative estimate of drug-likeness (QED) is 0.572. The molecule has 6 nitrogen and oxygen atoms in total. The fourth-order valence-corrected chi connectivity index (χ4v) is 2.31. The third-order valence-corrected chi connectivity index (χ3v) is 3.40. The molecule has 0 aliphatic rings. The van der Waals surface area contributed by atoms with E-state index in [2.05, 4.69) is 10.1 Å². The molecule has 0 spiro atoms. The van der Waals surface area contributed by atoms with Crippen LogP contribution in [0.3, 0.4) is 0 Å². The first-order chi connectivity index (χ1) is 11.2. The van der Waals surface area contributed by atoms with Crippen molar-refractivity contribution in [2.75, 3.05) is 0 Å². The number of hydrogen-bond donors (Lipinski definition) is 1. The topological polar surface area (TPSA) is 89.4 Å². The molecule has 0 atom stereocenters. The van der Waals surface area contributed by atoms with E-state index in [9.17, 15) is 9.90 Å². The van der Waals surface area contributed by atoms with Crippen molar-refractivity contribution in [3.63, 3.8) is 0 Å². The molecule has 0 fully saturated rings. The lowest BCUT2D eigenvalue weighted by molar-refractivity contribution is 0.429. The van der Waals surface area contributed by atoms with Gasteiger partial charge in [-0.2, -0.15) is 4.98 Å². The van der Waals surface area contributed by atoms with Gasteiger partial charge in [0.2, 0.25) is 5.82 Å². The average Bonchev–Trinajstić information content (AvgIpc) is 3.04. The van der Waals surface area contributed by atoms with E-state index in [1.807, 2.05) is 12.1 Å². The van der Waals surface area contributed by atoms with Crippen molar-refractivity contribution in [3.05, 3.63) is 65.0 Å². The van der Waals surface area contributed by atoms with Crippen LogP contribution in [0.2, 0.25) is 0 Å². The predicted molar refractivity (Wildman–Crippen MR) is 82.9 cm³/mol. The fraction of sp³-hybridized carbons (Fsp3) is 0. The highest BCUT2D eigenvalue weighted by molar-refractivity contribution is 5.80. The van der Waals surface area contributed by atoms with Gasteiger partial charge in [-0.1, -0.05) is 35.5 Å². The molecule has 0 amide bonds. The van der Waals surface area contributed by atoms with Gasteiger partial charge in [0, 0.05) is 10.9 Å². The molecule has 1 N–H and O–H groups in total. The van der Waals surface area contributed by atoms with Crippen LogP contribution in [0.15, 0.2) is 68.3 Å². The summed E-state index contributed by atoms with van der Waals surface area (Å²) in [5.41, 5.74) is 0.733. The third kappa shape index (κ3) is 2.36. The fourth-order valence-electron chi connectivity index (χ4n) is 2.31. The number of hydrogen-bond acceptors (Lipinski definition) is 6. The summed E-state index contributed by atoms with van der Waals surface area (Å²) in [6, 6.07) is 15.3. The van der Waals surface area contributed by atoms with Crippen LogP contribution in [0.4, 0.5) is 0 Å². The van der Waals surface area contributed by atoms with Crippen LogP contribution in [0.1, 0.15) is 0 Å². The maximum Gasteiger partial charge on any atom is 0.349 e. The van der Waals surface area contributed by atoms with Gasteiger partial charge in [-0.25, -0.2) is 4.79 Å². The van der Waals surface area contributed by atoms with Gasteiger partial charge in [0.25, 0.3) is 5.89 Å². The Morgan fingerprint density at radius 3 is 2.74 bits per heavy atom. The molecule has 0 aliphatic carbocycles. The standard InChI is InChI=1S/C17H10N2O4/c20-12-6-3-5-11(8-12)15-18-16(23-19-15)13-9-10-4-1-2-7-14(10)22-17(13)21/h1-9,20H. The van der Waals surface area contributed by atoms with Crippen LogP contribution in [0, 0.1) is 0 Å². The number of phenols is 1. The summed E-state index contributed by atoms with van der Waals surface area (Å²) in [7, 11) is 0. The SMILES string of the molecule is O=c1oc2ccccc2cc1-c1nc(-c2cccc(O)c2)no1. The summed E-state index contributed by atoms with van der Waals surface area (Å²) in [4.78, 5) is 16.3. The van der Waals surface area contributed by atoms with Gasteiger partial charge in [0.05, 0.1) is 0 Å². The minimum Gasteiger partial charge on any atom is -0.508 e. The molecule has 2 aromatic heterocycles. The third-order valence-electron chi connectivity index (χ3n) is 3.40. The lowest BCUT2D eigenvalue weighted by atomic mass is 10.2. The number of nitrogens with zero attached hydrogens (tertiary/aromatic N) is 2. The van der Waals surface area contributed by atoms with Gasteiger partial charge in [-0.15, -0.1) is 0 Å². The first-order valence-electron chi connectivity index (χ1n) is 6.87. The van der Waals surface area contributed by atoms with Crippen LogP contribution in [-0.4, -0.2) is 15.2 Å². The van der Waals surface area contributed by atoms with Crippen molar-refractivity contribution in [1.82, 2.24) is 10.1 Å². The van der Waals surface area contributed by atoms with E-state index in [0.29, 0.717) is 11.1 Å². The molecule has 4 rings (SSSR count). The minimum absolute atomic E-state index is 0.0721. The molecule has 2 heterocycles. The number of rotatable bonds is 2. The van der Waals surface area contributed by atoms with Crippen LogP contribution in [-0.2, 0) is 0 Å². The Balaban J connectivity index is 1.83. The summed E-state index contributed by atoms with van der Waals surface area (Å²) >= 11 is 0. The van der Waals surface area contributed by atoms with E-state index < -0.39 is 5.63 Å². The molecule has 0 bridgehead atoms. The van der Waals surface area contributed by atoms with E-state index in [0.717, 1.165) is 5.39 Å². The molecule has 4 aromatic rings. The van der Waals surface area contributed by atoms with Crippen LogP contribution < -0.4 is 5.63 Å². The van der Waals surface area contributed by atoms with E-state index in [1.165, 1.54) is 6.07 Å². The molecular formula is C17H10N2O4. The first-order valence-corrected chi connectivity index (χ1v) is 6.87. The molecule has 0 saturated heterocycles. The van der Waals surface area contributed by atoms with E-state index in [1.54, 1.807) is 36.4 Å². The van der Waals surface area contributed by atoms with Gasteiger partial charge in [0.15, 0.2) is 0 Å². The summed E-state index contributed by atoms with van der Waals surface area (Å²) in [6.07, 6.45) is 0. The monoisotopic (exact) mass is 306 g/mol. The maximum absolute atomic E-state index is 12.1. The smallest absolute Gasteiger partial charge is 0.349 e. The zero-order valence-corrected chi connectivity index (χ0v) is 11.8. The molecule has 0 saturated carbocycles. The van der Waals surface area contributed by atoms with E-state index in [4.69, 9.17) is 8.94 Å². The molecule has 6 heteroatoms. The largest absolute Gasteiger partial charge is 0.508 e. The Bertz CT molecular complexity index is 1070. The summed E-state index contributed by atoms with van der Waals surface area (Å²) in [5.74, 6) is 0.449. The predicted octanol–water partition coefficient (Wildman–Crippen LogP) is 3.22. The zero-order chi connectivity index (χ0) is 15.8. The number of fused-ring (bicyclic) bond motifs is 1. The second-order valence-corrected chi connectivity index (χ2v) is 4.96. The van der Waals surface area contributed by atoms with Crippen molar-refractivity contribution in [3.8, 4) is 28.6 Å². The molecule has 2 aromatic carbocycles. The molecule has 112 valence electrons. The lowest BCUT2D eigenvalue weighted by Gasteiger charge is -1.97. The highest BCUT2D eigenvalue weighted by Crippen LogP contribution is 2.24. The average molecular weight is 306 g/mol. The van der Waals surface area contributed by atoms with Crippen molar-refractivity contribution in [2.24, 2.45) is 0 Å². The molecular weight excluding hydrogens is 296 g/mol. The van der Waals surface area contributed by atoms with Crippen molar-refractivity contribution < 1.29 is 14.0 Å². The Hall–Kier alpha value is -3.41. The number of aromatic nitrogens is 2. The van der Waals surface area contributed by atoms with Crippen LogP contribution >= 0.6 is 0 Å². The Morgan fingerprint density at radius 1 is 1.00 bits per heavy atom. The second-order valence-electron chi connectivity index (χ2n) is 4.96. The second kappa shape index (κ2) is 5.10. The summed E-state index contributed by atoms with van der Waals surface area (Å²) in [5, 5.41) is 14.1. The number of para-hydroxylation sites is 1. The van der Waals surface area contributed by atoms with E-state index in [-0.39, 0.29) is 23.0 Å². The van der Waals surface area contributed by atoms with E-state index >= 15 is 0 Å². The molecule has 0 unspecified atom stereocenters. The summed E-state index contributed by atoms with van der Waals surface area (Å²) < 4.78 is 10.4. The molecule has 0 radical (unpaired) electrons. The lowest BCUT2D eigenvalue weighted by Crippen LogP contribution is -2.02. The number of aromatic hydroxyl groups is 1. The molecule has 0 aliphatic heterocycles. The van der Waals surface area contributed by atoms with Gasteiger partial charge >= 0.3 is 5.63 Å². The Kier molecular flexibility index (Phi) is 2.94. The van der Waals surface area contributed by atoms with Crippen molar-refractivity contribution in [1.29, 1.82) is 0 Å². The van der Waals surface area contributed by atoms with Gasteiger partial charge in [-0.3, -0.25) is 0 Å². The van der Waals surface area contributed by atoms with Gasteiger partial charge in [0.1, 0.15) is 16.9 Å². The summed E-state index contributed by atoms with van der Waals surface area (Å²) in [6.45, 7) is 0. The normalized spacial score (nSPS) is 11.0. The van der Waals surface area contributed by atoms with Gasteiger partial charge < -0.3 is 14.0 Å². The minimum atomic E-state index is -0.546. The number of benzene rings is 2. The van der Waals surface area contributed by atoms with Crippen LogP contribution in [0.5, 0.6) is 5.75 Å². The van der Waals surface area contributed by atoms with Gasteiger partial charge in [-0.05, 0) is 24.3 Å². The highest BCUT2D eigenvalue weighted by Gasteiger charge is 2.16.